The third-order valence-electron chi connectivity index (χ3n) is 5.56. The van der Waals surface area contributed by atoms with E-state index >= 15 is 0 Å². The van der Waals surface area contributed by atoms with Crippen molar-refractivity contribution in [2.75, 3.05) is 11.9 Å². The van der Waals surface area contributed by atoms with E-state index in [-0.39, 0.29) is 11.3 Å². The Bertz CT molecular complexity index is 969. The van der Waals surface area contributed by atoms with Crippen molar-refractivity contribution in [3.63, 3.8) is 0 Å². The number of carbonyl (C=O) groups excluding carboxylic acids is 2. The molecule has 14 nitrogen and oxygen atoms in total. The lowest BCUT2D eigenvalue weighted by Gasteiger charge is -2.42. The largest absolute Gasteiger partial charge is 0.481 e. The van der Waals surface area contributed by atoms with Crippen LogP contribution in [-0.4, -0.2) is 97.7 Å². The summed E-state index contributed by atoms with van der Waals surface area (Å²) in [5.41, 5.74) is -1.83. The molecular formula is C20H24N2O12. The molecule has 1 fully saturated rings. The van der Waals surface area contributed by atoms with E-state index in [0.717, 1.165) is 0 Å². The van der Waals surface area contributed by atoms with Crippen LogP contribution < -0.4 is 10.6 Å². The van der Waals surface area contributed by atoms with Gasteiger partial charge in [-0.15, -0.1) is 0 Å². The van der Waals surface area contributed by atoms with Crippen molar-refractivity contribution in [3.05, 3.63) is 29.8 Å². The van der Waals surface area contributed by atoms with E-state index in [2.05, 4.69) is 5.32 Å². The van der Waals surface area contributed by atoms with Crippen molar-refractivity contribution in [1.82, 2.24) is 5.32 Å². The molecule has 8 N–H and O–H groups in total. The SMILES string of the molecule is O=C(O)CC(NC(=O)CC1(OC2OC(CO)C(O)C(O)C2O)C(=O)Nc2ccccc21)C(=O)O. The Balaban J connectivity index is 1.94. The number of hydrogen-bond acceptors (Lipinski definition) is 10. The zero-order valence-electron chi connectivity index (χ0n) is 17.5. The minimum atomic E-state index is -2.19. The first-order chi connectivity index (χ1) is 16.0. The highest BCUT2D eigenvalue weighted by Crippen LogP contribution is 2.43. The molecule has 7 unspecified atom stereocenters. The first-order valence-electron chi connectivity index (χ1n) is 10.1. The molecule has 2 aliphatic heterocycles. The number of aliphatic carboxylic acids is 2. The fourth-order valence-corrected chi connectivity index (χ4v) is 3.83. The third kappa shape index (κ3) is 4.86. The third-order valence-corrected chi connectivity index (χ3v) is 5.56. The number of aliphatic hydroxyl groups is 4. The quantitative estimate of drug-likeness (QED) is 0.176. The molecule has 0 spiro atoms. The maximum atomic E-state index is 13.0. The smallest absolute Gasteiger partial charge is 0.326 e. The highest BCUT2D eigenvalue weighted by atomic mass is 16.7. The average Bonchev–Trinajstić information content (AvgIpc) is 3.04. The van der Waals surface area contributed by atoms with Crippen LogP contribution in [0, 0.1) is 0 Å². The van der Waals surface area contributed by atoms with Crippen molar-refractivity contribution in [1.29, 1.82) is 0 Å². The van der Waals surface area contributed by atoms with Gasteiger partial charge in [-0.1, -0.05) is 18.2 Å². The number of hydrogen-bond donors (Lipinski definition) is 8. The molecule has 2 aliphatic rings. The van der Waals surface area contributed by atoms with E-state index in [1.54, 1.807) is 6.07 Å². The van der Waals surface area contributed by atoms with Crippen LogP contribution in [-0.2, 0) is 34.3 Å². The fourth-order valence-electron chi connectivity index (χ4n) is 3.83. The zero-order chi connectivity index (χ0) is 25.2. The van der Waals surface area contributed by atoms with Crippen LogP contribution >= 0.6 is 0 Å². The van der Waals surface area contributed by atoms with Gasteiger partial charge in [-0.3, -0.25) is 14.4 Å². The predicted molar refractivity (Wildman–Crippen MR) is 108 cm³/mol. The molecule has 7 atom stereocenters. The summed E-state index contributed by atoms with van der Waals surface area (Å²) in [6, 6.07) is 4.22. The number of carboxylic acids is 2. The van der Waals surface area contributed by atoms with E-state index in [1.165, 1.54) is 18.2 Å². The van der Waals surface area contributed by atoms with Gasteiger partial charge >= 0.3 is 11.9 Å². The number of rotatable bonds is 9. The molecule has 1 saturated heterocycles. The lowest BCUT2D eigenvalue weighted by atomic mass is 9.90. The lowest BCUT2D eigenvalue weighted by Crippen LogP contribution is -2.61. The minimum Gasteiger partial charge on any atom is -0.481 e. The number of anilines is 1. The van der Waals surface area contributed by atoms with Gasteiger partial charge in [0.15, 0.2) is 11.9 Å². The number of fused-ring (bicyclic) bond motifs is 1. The second kappa shape index (κ2) is 10.0. The first kappa shape index (κ1) is 25.5. The molecule has 186 valence electrons. The van der Waals surface area contributed by atoms with E-state index in [1.807, 2.05) is 5.32 Å². The molecule has 2 amide bonds. The average molecular weight is 484 g/mol. The monoisotopic (exact) mass is 484 g/mol. The highest BCUT2D eigenvalue weighted by Gasteiger charge is 2.55. The Labute approximate surface area is 191 Å². The van der Waals surface area contributed by atoms with Crippen molar-refractivity contribution in [2.24, 2.45) is 0 Å². The zero-order valence-corrected chi connectivity index (χ0v) is 17.5. The van der Waals surface area contributed by atoms with Crippen LogP contribution in [0.4, 0.5) is 5.69 Å². The lowest BCUT2D eigenvalue weighted by molar-refractivity contribution is -0.323. The molecule has 0 aromatic heterocycles. The van der Waals surface area contributed by atoms with Crippen LogP contribution in [0.15, 0.2) is 24.3 Å². The van der Waals surface area contributed by atoms with Gasteiger partial charge in [-0.2, -0.15) is 0 Å². The van der Waals surface area contributed by atoms with Crippen LogP contribution in [0.5, 0.6) is 0 Å². The van der Waals surface area contributed by atoms with Gasteiger partial charge in [-0.25, -0.2) is 4.79 Å². The van der Waals surface area contributed by atoms with Gasteiger partial charge in [0.1, 0.15) is 30.5 Å². The van der Waals surface area contributed by atoms with Crippen molar-refractivity contribution >= 4 is 29.4 Å². The molecule has 34 heavy (non-hydrogen) atoms. The topological polar surface area (TPSA) is 232 Å². The van der Waals surface area contributed by atoms with Gasteiger partial charge in [-0.05, 0) is 6.07 Å². The second-order valence-corrected chi connectivity index (χ2v) is 7.87. The summed E-state index contributed by atoms with van der Waals surface area (Å²) in [4.78, 5) is 48.0. The Hall–Kier alpha value is -3.14. The van der Waals surface area contributed by atoms with Crippen LogP contribution in [0.25, 0.3) is 0 Å². The van der Waals surface area contributed by atoms with Gasteiger partial charge < -0.3 is 50.7 Å². The number of carbonyl (C=O) groups is 4. The molecule has 0 saturated carbocycles. The summed E-state index contributed by atoms with van der Waals surface area (Å²) < 4.78 is 11.1. The molecule has 0 radical (unpaired) electrons. The van der Waals surface area contributed by atoms with E-state index in [9.17, 15) is 44.7 Å². The molecule has 1 aromatic rings. The van der Waals surface area contributed by atoms with E-state index in [4.69, 9.17) is 14.6 Å². The summed E-state index contributed by atoms with van der Waals surface area (Å²) in [5, 5.41) is 62.4. The van der Waals surface area contributed by atoms with Crippen molar-refractivity contribution in [3.8, 4) is 0 Å². The Morgan fingerprint density at radius 1 is 1.12 bits per heavy atom. The number of para-hydroxylation sites is 1. The normalized spacial score (nSPS) is 31.3. The van der Waals surface area contributed by atoms with Crippen LogP contribution in [0.1, 0.15) is 18.4 Å². The molecule has 3 rings (SSSR count). The first-order valence-corrected chi connectivity index (χ1v) is 10.1. The second-order valence-electron chi connectivity index (χ2n) is 7.87. The van der Waals surface area contributed by atoms with E-state index < -0.39 is 85.6 Å². The number of nitrogens with one attached hydrogen (secondary N) is 2. The number of aliphatic hydroxyl groups excluding tert-OH is 4. The standard InChI is InChI=1S/C20H24N2O12/c23-7-11-14(27)15(28)16(29)18(33-11)34-20(8-3-1-2-4-9(8)22-19(20)32)6-12(24)21-10(17(30)31)5-13(25)26/h1-4,10-11,14-16,18,23,27-29H,5-7H2,(H,21,24)(H,22,32)(H,25,26)(H,30,31). The minimum absolute atomic E-state index is 0.122. The maximum Gasteiger partial charge on any atom is 0.326 e. The molecular weight excluding hydrogens is 460 g/mol. The summed E-state index contributed by atoms with van der Waals surface area (Å²) in [7, 11) is 0. The number of amides is 2. The van der Waals surface area contributed by atoms with Gasteiger partial charge in [0, 0.05) is 11.3 Å². The molecule has 0 aliphatic carbocycles. The molecule has 1 aromatic carbocycles. The number of benzene rings is 1. The van der Waals surface area contributed by atoms with Gasteiger partial charge in [0.2, 0.25) is 5.91 Å². The summed E-state index contributed by atoms with van der Waals surface area (Å²) in [6.07, 6.45) is -10.4. The fraction of sp³-hybridized carbons (Fsp3) is 0.500. The van der Waals surface area contributed by atoms with Crippen LogP contribution in [0.3, 0.4) is 0 Å². The predicted octanol–water partition coefficient (Wildman–Crippen LogP) is -2.92. The Kier molecular flexibility index (Phi) is 7.50. The molecule has 0 bridgehead atoms. The number of carboxylic acid groups (broad SMARTS) is 2. The summed E-state index contributed by atoms with van der Waals surface area (Å²) >= 11 is 0. The Morgan fingerprint density at radius 2 is 1.79 bits per heavy atom. The summed E-state index contributed by atoms with van der Waals surface area (Å²) in [6.45, 7) is -0.767. The van der Waals surface area contributed by atoms with Gasteiger partial charge in [0.25, 0.3) is 5.91 Å². The molecule has 2 heterocycles. The van der Waals surface area contributed by atoms with E-state index in [0.29, 0.717) is 0 Å². The maximum absolute atomic E-state index is 13.0. The Morgan fingerprint density at radius 3 is 2.41 bits per heavy atom. The van der Waals surface area contributed by atoms with Crippen molar-refractivity contribution < 1.29 is 59.3 Å². The molecule has 14 heteroatoms. The highest BCUT2D eigenvalue weighted by molar-refractivity contribution is 6.07. The van der Waals surface area contributed by atoms with Gasteiger partial charge in [0.05, 0.1) is 19.4 Å². The summed E-state index contributed by atoms with van der Waals surface area (Å²) in [5.74, 6) is -5.05. The van der Waals surface area contributed by atoms with Crippen LogP contribution in [0.2, 0.25) is 0 Å². The number of ether oxygens (including phenoxy) is 2. The van der Waals surface area contributed by atoms with Crippen molar-refractivity contribution in [2.45, 2.75) is 55.2 Å².